The molecule has 0 saturated carbocycles. The number of hydrogen-bond donors (Lipinski definition) is 2. The zero-order valence-electron chi connectivity index (χ0n) is 11.8. The van der Waals surface area contributed by atoms with Crippen LogP contribution in [0.25, 0.3) is 11.3 Å². The maximum atomic E-state index is 11.8. The number of rotatable bonds is 5. The van der Waals surface area contributed by atoms with Gasteiger partial charge in [0, 0.05) is 19.3 Å². The van der Waals surface area contributed by atoms with Gasteiger partial charge in [-0.1, -0.05) is 24.3 Å². The van der Waals surface area contributed by atoms with Gasteiger partial charge in [-0.05, 0) is 30.0 Å². The van der Waals surface area contributed by atoms with E-state index in [2.05, 4.69) is 15.5 Å². The van der Waals surface area contributed by atoms with Gasteiger partial charge in [0.2, 0.25) is 5.91 Å². The monoisotopic (exact) mass is 285 g/mol. The van der Waals surface area contributed by atoms with Gasteiger partial charge in [-0.25, -0.2) is 0 Å². The lowest BCUT2D eigenvalue weighted by Gasteiger charge is -2.10. The first-order valence-corrected chi connectivity index (χ1v) is 7.28. The maximum absolute atomic E-state index is 11.8. The fraction of sp³-hybridized carbons (Fsp3) is 0.375. The van der Waals surface area contributed by atoms with Crippen LogP contribution in [0.4, 0.5) is 0 Å². The van der Waals surface area contributed by atoms with Gasteiger partial charge >= 0.3 is 0 Å². The smallest absolute Gasteiger partial charge is 0.222 e. The van der Waals surface area contributed by atoms with E-state index in [9.17, 15) is 4.79 Å². The van der Waals surface area contributed by atoms with Crippen molar-refractivity contribution < 1.29 is 9.53 Å². The highest BCUT2D eigenvalue weighted by Gasteiger charge is 2.18. The molecule has 1 aromatic carbocycles. The van der Waals surface area contributed by atoms with Gasteiger partial charge in [0.25, 0.3) is 0 Å². The van der Waals surface area contributed by atoms with E-state index >= 15 is 0 Å². The number of carbonyl (C=O) groups is 1. The van der Waals surface area contributed by atoms with E-state index in [1.54, 1.807) is 6.20 Å². The lowest BCUT2D eigenvalue weighted by Crippen LogP contribution is -2.26. The van der Waals surface area contributed by atoms with Crippen LogP contribution < -0.4 is 5.32 Å². The number of hydrogen-bond acceptors (Lipinski definition) is 3. The first-order valence-electron chi connectivity index (χ1n) is 7.28. The second kappa shape index (κ2) is 6.54. The standard InChI is InChI=1S/C16H19N3O2/c20-16(10-14-2-1-9-21-14)17-11-12-3-5-13(6-4-12)15-7-8-18-19-15/h3-8,14H,1-2,9-11H2,(H,17,20)(H,18,19). The molecule has 110 valence electrons. The molecule has 1 saturated heterocycles. The van der Waals surface area contributed by atoms with Crippen LogP contribution in [0.3, 0.4) is 0 Å². The van der Waals surface area contributed by atoms with Crippen molar-refractivity contribution in [3.63, 3.8) is 0 Å². The molecule has 2 aromatic rings. The average molecular weight is 285 g/mol. The van der Waals surface area contributed by atoms with E-state index < -0.39 is 0 Å². The Kier molecular flexibility index (Phi) is 4.31. The molecule has 1 unspecified atom stereocenters. The third-order valence-electron chi connectivity index (χ3n) is 3.69. The minimum atomic E-state index is 0.0551. The topological polar surface area (TPSA) is 67.0 Å². The van der Waals surface area contributed by atoms with Crippen LogP contribution in [-0.2, 0) is 16.1 Å². The quantitative estimate of drug-likeness (QED) is 0.885. The predicted molar refractivity (Wildman–Crippen MR) is 79.5 cm³/mol. The van der Waals surface area contributed by atoms with E-state index in [-0.39, 0.29) is 12.0 Å². The summed E-state index contributed by atoms with van der Waals surface area (Å²) in [5.74, 6) is 0.0551. The van der Waals surface area contributed by atoms with Gasteiger partial charge in [0.05, 0.1) is 18.2 Å². The van der Waals surface area contributed by atoms with Crippen molar-refractivity contribution in [1.82, 2.24) is 15.5 Å². The highest BCUT2D eigenvalue weighted by molar-refractivity contribution is 5.76. The fourth-order valence-corrected chi connectivity index (χ4v) is 2.50. The van der Waals surface area contributed by atoms with E-state index in [1.807, 2.05) is 30.3 Å². The third-order valence-corrected chi connectivity index (χ3v) is 3.69. The molecule has 5 heteroatoms. The SMILES string of the molecule is O=C(CC1CCCO1)NCc1ccc(-c2ccn[nH]2)cc1. The number of nitrogens with zero attached hydrogens (tertiary/aromatic N) is 1. The van der Waals surface area contributed by atoms with Gasteiger partial charge in [0.15, 0.2) is 0 Å². The average Bonchev–Trinajstić information content (AvgIpc) is 3.19. The lowest BCUT2D eigenvalue weighted by molar-refractivity contribution is -0.123. The number of carbonyl (C=O) groups excluding carboxylic acids is 1. The van der Waals surface area contributed by atoms with Gasteiger partial charge < -0.3 is 10.1 Å². The predicted octanol–water partition coefficient (Wildman–Crippen LogP) is 2.26. The molecular weight excluding hydrogens is 266 g/mol. The maximum Gasteiger partial charge on any atom is 0.222 e. The molecule has 0 spiro atoms. The summed E-state index contributed by atoms with van der Waals surface area (Å²) in [6.45, 7) is 1.34. The summed E-state index contributed by atoms with van der Waals surface area (Å²) in [4.78, 5) is 11.8. The molecule has 3 rings (SSSR count). The number of H-pyrrole nitrogens is 1. The number of amides is 1. The van der Waals surface area contributed by atoms with Gasteiger partial charge in [-0.15, -0.1) is 0 Å². The van der Waals surface area contributed by atoms with Gasteiger partial charge in [0.1, 0.15) is 0 Å². The molecule has 1 atom stereocenters. The van der Waals surface area contributed by atoms with Crippen molar-refractivity contribution in [2.75, 3.05) is 6.61 Å². The van der Waals surface area contributed by atoms with E-state index in [0.29, 0.717) is 13.0 Å². The van der Waals surface area contributed by atoms with Crippen LogP contribution in [0.2, 0.25) is 0 Å². The molecule has 1 fully saturated rings. The van der Waals surface area contributed by atoms with E-state index in [0.717, 1.165) is 36.3 Å². The number of aromatic amines is 1. The molecule has 0 aliphatic carbocycles. The van der Waals surface area contributed by atoms with E-state index in [1.165, 1.54) is 0 Å². The van der Waals surface area contributed by atoms with Crippen LogP contribution in [0.5, 0.6) is 0 Å². The minimum absolute atomic E-state index is 0.0551. The van der Waals surface area contributed by atoms with Crippen LogP contribution in [0, 0.1) is 0 Å². The zero-order valence-corrected chi connectivity index (χ0v) is 11.8. The van der Waals surface area contributed by atoms with Crippen LogP contribution in [-0.4, -0.2) is 28.8 Å². The number of benzene rings is 1. The number of aromatic nitrogens is 2. The molecule has 5 nitrogen and oxygen atoms in total. The second-order valence-electron chi connectivity index (χ2n) is 5.28. The van der Waals surface area contributed by atoms with Crippen molar-refractivity contribution in [2.45, 2.75) is 31.9 Å². The van der Waals surface area contributed by atoms with Crippen molar-refractivity contribution >= 4 is 5.91 Å². The number of ether oxygens (including phenoxy) is 1. The Bertz CT molecular complexity index is 572. The van der Waals surface area contributed by atoms with Crippen molar-refractivity contribution in [3.05, 3.63) is 42.1 Å². The molecule has 1 aromatic heterocycles. The lowest BCUT2D eigenvalue weighted by atomic mass is 10.1. The molecular formula is C16H19N3O2. The summed E-state index contributed by atoms with van der Waals surface area (Å²) < 4.78 is 5.46. The van der Waals surface area contributed by atoms with Crippen molar-refractivity contribution in [3.8, 4) is 11.3 Å². The Hall–Kier alpha value is -2.14. The van der Waals surface area contributed by atoms with Crippen LogP contribution >= 0.6 is 0 Å². The summed E-state index contributed by atoms with van der Waals surface area (Å²) in [6, 6.07) is 10.0. The Morgan fingerprint density at radius 3 is 2.86 bits per heavy atom. The van der Waals surface area contributed by atoms with Gasteiger partial charge in [-0.3, -0.25) is 9.89 Å². The summed E-state index contributed by atoms with van der Waals surface area (Å²) in [5.41, 5.74) is 3.16. The molecule has 21 heavy (non-hydrogen) atoms. The van der Waals surface area contributed by atoms with Crippen molar-refractivity contribution in [1.29, 1.82) is 0 Å². The van der Waals surface area contributed by atoms with Crippen LogP contribution in [0.15, 0.2) is 36.5 Å². The minimum Gasteiger partial charge on any atom is -0.378 e. The molecule has 0 bridgehead atoms. The number of nitrogens with one attached hydrogen (secondary N) is 2. The molecule has 0 radical (unpaired) electrons. The largest absolute Gasteiger partial charge is 0.378 e. The molecule has 1 amide bonds. The summed E-state index contributed by atoms with van der Waals surface area (Å²) >= 11 is 0. The highest BCUT2D eigenvalue weighted by atomic mass is 16.5. The highest BCUT2D eigenvalue weighted by Crippen LogP contribution is 2.17. The van der Waals surface area contributed by atoms with Gasteiger partial charge in [-0.2, -0.15) is 5.10 Å². The molecule has 1 aliphatic rings. The fourth-order valence-electron chi connectivity index (χ4n) is 2.50. The van der Waals surface area contributed by atoms with Crippen molar-refractivity contribution in [2.24, 2.45) is 0 Å². The zero-order chi connectivity index (χ0) is 14.5. The Balaban J connectivity index is 1.50. The first-order chi connectivity index (χ1) is 10.3. The first kappa shape index (κ1) is 13.8. The summed E-state index contributed by atoms with van der Waals surface area (Å²) in [6.07, 6.45) is 4.35. The molecule has 1 aliphatic heterocycles. The summed E-state index contributed by atoms with van der Waals surface area (Å²) in [7, 11) is 0. The summed E-state index contributed by atoms with van der Waals surface area (Å²) in [5, 5.41) is 9.81. The Morgan fingerprint density at radius 2 is 2.19 bits per heavy atom. The second-order valence-corrected chi connectivity index (χ2v) is 5.28. The molecule has 2 N–H and O–H groups in total. The Labute approximate surface area is 123 Å². The third kappa shape index (κ3) is 3.70. The molecule has 2 heterocycles. The normalized spacial score (nSPS) is 17.8. The van der Waals surface area contributed by atoms with Crippen LogP contribution in [0.1, 0.15) is 24.8 Å². The van der Waals surface area contributed by atoms with E-state index in [4.69, 9.17) is 4.74 Å². The Morgan fingerprint density at radius 1 is 1.33 bits per heavy atom.